The van der Waals surface area contributed by atoms with Gasteiger partial charge >= 0.3 is 5.97 Å². The summed E-state index contributed by atoms with van der Waals surface area (Å²) in [7, 11) is 0. The number of rotatable bonds is 7. The van der Waals surface area contributed by atoms with Crippen molar-refractivity contribution in [3.63, 3.8) is 0 Å². The van der Waals surface area contributed by atoms with Crippen LogP contribution in [0.3, 0.4) is 0 Å². The summed E-state index contributed by atoms with van der Waals surface area (Å²) >= 11 is 0. The second-order valence-electron chi connectivity index (χ2n) is 4.36. The van der Waals surface area contributed by atoms with Gasteiger partial charge in [-0.1, -0.05) is 71.9 Å². The van der Waals surface area contributed by atoms with Crippen LogP contribution in [-0.2, 0) is 4.79 Å². The highest BCUT2D eigenvalue weighted by Gasteiger charge is 1.95. The van der Waals surface area contributed by atoms with Gasteiger partial charge in [0.2, 0.25) is 0 Å². The molecule has 0 heterocycles. The Labute approximate surface area is 115 Å². The molecule has 0 saturated heterocycles. The molecule has 0 aromatic heterocycles. The average Bonchev–Trinajstić information content (AvgIpc) is 2.28. The minimum atomic E-state index is -0.804. The zero-order chi connectivity index (χ0) is 14.7. The fourth-order valence-electron chi connectivity index (χ4n) is 1.31. The summed E-state index contributed by atoms with van der Waals surface area (Å²) in [6, 6.07) is 0. The van der Waals surface area contributed by atoms with Crippen molar-refractivity contribution in [3.8, 4) is 0 Å². The van der Waals surface area contributed by atoms with Gasteiger partial charge in [0.05, 0.1) is 6.42 Å². The second-order valence-corrected chi connectivity index (χ2v) is 4.36. The van der Waals surface area contributed by atoms with Gasteiger partial charge in [0.15, 0.2) is 0 Å². The fraction of sp³-hybridized carbons (Fsp3) is 0.235. The summed E-state index contributed by atoms with van der Waals surface area (Å²) in [5.41, 5.74) is 3.07. The molecule has 0 aromatic carbocycles. The Bertz CT molecular complexity index is 458. The molecule has 2 nitrogen and oxygen atoms in total. The number of hydrogen-bond acceptors (Lipinski definition) is 1. The van der Waals surface area contributed by atoms with Crippen LogP contribution >= 0.6 is 0 Å². The molecule has 0 aliphatic carbocycles. The maximum atomic E-state index is 10.5. The topological polar surface area (TPSA) is 37.3 Å². The number of aliphatic carboxylic acids is 1. The average molecular weight is 258 g/mol. The van der Waals surface area contributed by atoms with Crippen LogP contribution in [0.5, 0.6) is 0 Å². The van der Waals surface area contributed by atoms with Gasteiger partial charge in [-0.05, 0) is 20.8 Å². The Balaban J connectivity index is 4.44. The second kappa shape index (κ2) is 9.89. The number of carboxylic acids is 1. The van der Waals surface area contributed by atoms with E-state index in [9.17, 15) is 4.79 Å². The van der Waals surface area contributed by atoms with Crippen LogP contribution in [0.25, 0.3) is 0 Å². The van der Waals surface area contributed by atoms with E-state index in [1.807, 2.05) is 56.4 Å². The van der Waals surface area contributed by atoms with E-state index in [4.69, 9.17) is 5.11 Å². The van der Waals surface area contributed by atoms with E-state index in [-0.39, 0.29) is 6.42 Å². The van der Waals surface area contributed by atoms with Gasteiger partial charge in [0.1, 0.15) is 0 Å². The molecule has 0 aliphatic rings. The predicted molar refractivity (Wildman–Crippen MR) is 82.0 cm³/mol. The quantitative estimate of drug-likeness (QED) is 0.678. The van der Waals surface area contributed by atoms with Gasteiger partial charge in [-0.3, -0.25) is 4.79 Å². The molecule has 102 valence electrons. The van der Waals surface area contributed by atoms with E-state index in [2.05, 4.69) is 6.58 Å². The van der Waals surface area contributed by atoms with Crippen molar-refractivity contribution >= 4 is 5.97 Å². The fourth-order valence-corrected chi connectivity index (χ4v) is 1.31. The third-order valence-electron chi connectivity index (χ3n) is 2.27. The molecule has 19 heavy (non-hydrogen) atoms. The van der Waals surface area contributed by atoms with Crippen molar-refractivity contribution in [2.75, 3.05) is 0 Å². The Morgan fingerprint density at radius 1 is 1.00 bits per heavy atom. The first-order chi connectivity index (χ1) is 8.95. The molecule has 0 aliphatic heterocycles. The Morgan fingerprint density at radius 2 is 1.53 bits per heavy atom. The monoisotopic (exact) mass is 258 g/mol. The normalized spacial score (nSPS) is 14.4. The molecule has 0 rings (SSSR count). The highest BCUT2D eigenvalue weighted by atomic mass is 16.4. The van der Waals surface area contributed by atoms with Gasteiger partial charge in [-0.2, -0.15) is 0 Å². The molecule has 0 aromatic rings. The largest absolute Gasteiger partial charge is 0.481 e. The lowest BCUT2D eigenvalue weighted by Crippen LogP contribution is -1.94. The lowest BCUT2D eigenvalue weighted by molar-refractivity contribution is -0.136. The van der Waals surface area contributed by atoms with E-state index in [0.717, 1.165) is 16.7 Å². The van der Waals surface area contributed by atoms with Crippen LogP contribution in [0.4, 0.5) is 0 Å². The van der Waals surface area contributed by atoms with Crippen LogP contribution in [0.2, 0.25) is 0 Å². The van der Waals surface area contributed by atoms with Crippen LogP contribution < -0.4 is 0 Å². The van der Waals surface area contributed by atoms with Crippen LogP contribution in [0, 0.1) is 0 Å². The SMILES string of the molecule is C=CC=C(C)C=CC=C(C)C=CC=C(C)CC(=O)O. The van der Waals surface area contributed by atoms with Gasteiger partial charge in [0, 0.05) is 0 Å². The van der Waals surface area contributed by atoms with E-state index in [1.165, 1.54) is 0 Å². The summed E-state index contributed by atoms with van der Waals surface area (Å²) in [5.74, 6) is -0.804. The van der Waals surface area contributed by atoms with Gasteiger partial charge in [-0.15, -0.1) is 0 Å². The lowest BCUT2D eigenvalue weighted by atomic mass is 10.2. The maximum absolute atomic E-state index is 10.5. The van der Waals surface area contributed by atoms with Crippen molar-refractivity contribution in [2.45, 2.75) is 27.2 Å². The lowest BCUT2D eigenvalue weighted by Gasteiger charge is -1.93. The summed E-state index contributed by atoms with van der Waals surface area (Å²) in [6.45, 7) is 9.45. The molecule has 0 unspecified atom stereocenters. The summed E-state index contributed by atoms with van der Waals surface area (Å²) in [4.78, 5) is 10.5. The third kappa shape index (κ3) is 10.8. The molecule has 0 spiro atoms. The number of allylic oxidation sites excluding steroid dienone is 10. The molecule has 0 radical (unpaired) electrons. The van der Waals surface area contributed by atoms with Gasteiger partial charge in [-0.25, -0.2) is 0 Å². The van der Waals surface area contributed by atoms with E-state index in [1.54, 1.807) is 13.0 Å². The van der Waals surface area contributed by atoms with Crippen LogP contribution in [-0.4, -0.2) is 11.1 Å². The highest BCUT2D eigenvalue weighted by molar-refractivity contribution is 5.69. The van der Waals surface area contributed by atoms with E-state index >= 15 is 0 Å². The van der Waals surface area contributed by atoms with Gasteiger partial charge in [0.25, 0.3) is 0 Å². The molecule has 1 N–H and O–H groups in total. The van der Waals surface area contributed by atoms with Crippen molar-refractivity contribution in [3.05, 3.63) is 71.9 Å². The Morgan fingerprint density at radius 3 is 2.05 bits per heavy atom. The van der Waals surface area contributed by atoms with Crippen molar-refractivity contribution < 1.29 is 9.90 Å². The van der Waals surface area contributed by atoms with Crippen molar-refractivity contribution in [1.82, 2.24) is 0 Å². The van der Waals surface area contributed by atoms with E-state index < -0.39 is 5.97 Å². The zero-order valence-corrected chi connectivity index (χ0v) is 11.9. The molecule has 0 amide bonds. The third-order valence-corrected chi connectivity index (χ3v) is 2.27. The number of carboxylic acid groups (broad SMARTS) is 1. The smallest absolute Gasteiger partial charge is 0.307 e. The molecule has 0 fully saturated rings. The first-order valence-corrected chi connectivity index (χ1v) is 6.15. The first-order valence-electron chi connectivity index (χ1n) is 6.15. The zero-order valence-electron chi connectivity index (χ0n) is 11.9. The predicted octanol–water partition coefficient (Wildman–Crippen LogP) is 4.60. The molecule has 0 saturated carbocycles. The van der Waals surface area contributed by atoms with Crippen LogP contribution in [0.15, 0.2) is 71.9 Å². The molecule has 0 bridgehead atoms. The van der Waals surface area contributed by atoms with Crippen molar-refractivity contribution in [1.29, 1.82) is 0 Å². The standard InChI is InChI=1S/C17H22O2/c1-5-8-14(2)9-6-10-15(3)11-7-12-16(4)13-17(18)19/h5-12H,1,13H2,2-4H3,(H,18,19). The molecule has 0 atom stereocenters. The molecule has 2 heteroatoms. The van der Waals surface area contributed by atoms with Crippen LogP contribution in [0.1, 0.15) is 27.2 Å². The summed E-state index contributed by atoms with van der Waals surface area (Å²) in [6.07, 6.45) is 15.4. The summed E-state index contributed by atoms with van der Waals surface area (Å²) < 4.78 is 0. The van der Waals surface area contributed by atoms with E-state index in [0.29, 0.717) is 0 Å². The van der Waals surface area contributed by atoms with Crippen molar-refractivity contribution in [2.24, 2.45) is 0 Å². The summed E-state index contributed by atoms with van der Waals surface area (Å²) in [5, 5.41) is 8.61. The minimum Gasteiger partial charge on any atom is -0.481 e. The Hall–Kier alpha value is -2.09. The van der Waals surface area contributed by atoms with Gasteiger partial charge < -0.3 is 5.11 Å². The number of hydrogen-bond donors (Lipinski definition) is 1. The molecular weight excluding hydrogens is 236 g/mol. The minimum absolute atomic E-state index is 0.0819. The Kier molecular flexibility index (Phi) is 8.80. The highest BCUT2D eigenvalue weighted by Crippen LogP contribution is 2.03. The maximum Gasteiger partial charge on any atom is 0.307 e. The molecular formula is C17H22O2. The first kappa shape index (κ1) is 16.9. The number of carbonyl (C=O) groups is 1.